The van der Waals surface area contributed by atoms with Crippen LogP contribution >= 0.6 is 11.6 Å². The van der Waals surface area contributed by atoms with Gasteiger partial charge in [-0.3, -0.25) is 14.6 Å². The van der Waals surface area contributed by atoms with Crippen molar-refractivity contribution in [2.24, 2.45) is 5.92 Å². The number of carbonyl (C=O) groups excluding carboxylic acids is 2. The Morgan fingerprint density at radius 2 is 1.59 bits per heavy atom. The summed E-state index contributed by atoms with van der Waals surface area (Å²) in [6.07, 6.45) is 1.98. The fourth-order valence-corrected chi connectivity index (χ4v) is 5.74. The Hall–Kier alpha value is -2.55. The van der Waals surface area contributed by atoms with Gasteiger partial charge in [-0.15, -0.1) is 0 Å². The first kappa shape index (κ1) is 26.1. The van der Waals surface area contributed by atoms with E-state index >= 15 is 0 Å². The average Bonchev–Trinajstić information content (AvgIpc) is 3.24. The number of hydrazine groups is 1. The van der Waals surface area contributed by atoms with Crippen LogP contribution in [0.15, 0.2) is 42.5 Å². The standard InChI is InChI=1S/C28H32ClF2N3O3/c29-25-18-21(5-6-24(25)27(37)32-15-10-28(30,31)11-16-32)20-3-1-19(2-4-20)17-22-7-14-34(26(22)36)33-12-8-23(35)9-13-33/h1-6,18,22-23,35H,7-17H2/t22-/m0/s1. The Balaban J connectivity index is 1.20. The average molecular weight is 532 g/mol. The summed E-state index contributed by atoms with van der Waals surface area (Å²) in [6, 6.07) is 13.2. The summed E-state index contributed by atoms with van der Waals surface area (Å²) >= 11 is 6.44. The summed E-state index contributed by atoms with van der Waals surface area (Å²) in [5.74, 6) is -2.92. The van der Waals surface area contributed by atoms with Crippen molar-refractivity contribution in [1.82, 2.24) is 14.9 Å². The van der Waals surface area contributed by atoms with Gasteiger partial charge < -0.3 is 10.0 Å². The second kappa shape index (κ2) is 10.7. The third-order valence-corrected chi connectivity index (χ3v) is 8.14. The number of halogens is 3. The van der Waals surface area contributed by atoms with Crippen molar-refractivity contribution in [3.63, 3.8) is 0 Å². The number of benzene rings is 2. The molecule has 0 unspecified atom stereocenters. The zero-order chi connectivity index (χ0) is 26.2. The van der Waals surface area contributed by atoms with Gasteiger partial charge in [0.1, 0.15) is 0 Å². The number of piperidine rings is 2. The molecule has 3 saturated heterocycles. The van der Waals surface area contributed by atoms with Crippen molar-refractivity contribution in [3.8, 4) is 11.1 Å². The maximum atomic E-state index is 13.4. The predicted octanol–water partition coefficient (Wildman–Crippen LogP) is 4.64. The van der Waals surface area contributed by atoms with E-state index in [1.165, 1.54) is 4.90 Å². The van der Waals surface area contributed by atoms with Crippen molar-refractivity contribution in [2.45, 2.75) is 50.6 Å². The van der Waals surface area contributed by atoms with Crippen LogP contribution in [0, 0.1) is 5.92 Å². The molecule has 0 bridgehead atoms. The van der Waals surface area contributed by atoms with Gasteiger partial charge in [0, 0.05) is 51.5 Å². The Labute approximate surface area is 220 Å². The fraction of sp³-hybridized carbons (Fsp3) is 0.500. The number of hydrogen-bond acceptors (Lipinski definition) is 4. The van der Waals surface area contributed by atoms with E-state index in [4.69, 9.17) is 11.6 Å². The summed E-state index contributed by atoms with van der Waals surface area (Å²) in [6.45, 7) is 2.20. The van der Waals surface area contributed by atoms with Gasteiger partial charge in [-0.1, -0.05) is 41.9 Å². The second-order valence-electron chi connectivity index (χ2n) is 10.4. The number of aliphatic hydroxyl groups is 1. The number of nitrogens with zero attached hydrogens (tertiary/aromatic N) is 3. The summed E-state index contributed by atoms with van der Waals surface area (Å²) in [5, 5.41) is 14.0. The Morgan fingerprint density at radius 1 is 0.946 bits per heavy atom. The van der Waals surface area contributed by atoms with Gasteiger partial charge >= 0.3 is 0 Å². The van der Waals surface area contributed by atoms with E-state index in [1.54, 1.807) is 12.1 Å². The lowest BCUT2D eigenvalue weighted by Crippen LogP contribution is -2.49. The highest BCUT2D eigenvalue weighted by atomic mass is 35.5. The predicted molar refractivity (Wildman–Crippen MR) is 137 cm³/mol. The highest BCUT2D eigenvalue weighted by Gasteiger charge is 2.37. The number of alkyl halides is 2. The lowest BCUT2D eigenvalue weighted by Gasteiger charge is -2.36. The van der Waals surface area contributed by atoms with Gasteiger partial charge in [0.15, 0.2) is 0 Å². The van der Waals surface area contributed by atoms with E-state index in [1.807, 2.05) is 35.3 Å². The normalized spacial score (nSPS) is 23.0. The Morgan fingerprint density at radius 3 is 2.24 bits per heavy atom. The van der Waals surface area contributed by atoms with Crippen molar-refractivity contribution in [2.75, 3.05) is 32.7 Å². The van der Waals surface area contributed by atoms with Crippen LogP contribution in [-0.4, -0.2) is 76.6 Å². The van der Waals surface area contributed by atoms with Gasteiger partial charge in [-0.05, 0) is 54.5 Å². The van der Waals surface area contributed by atoms with E-state index < -0.39 is 5.92 Å². The number of aliphatic hydroxyl groups excluding tert-OH is 1. The van der Waals surface area contributed by atoms with Crippen molar-refractivity contribution < 1.29 is 23.5 Å². The van der Waals surface area contributed by atoms with Crippen LogP contribution in [0.3, 0.4) is 0 Å². The molecule has 5 rings (SSSR count). The van der Waals surface area contributed by atoms with Crippen LogP contribution in [0.5, 0.6) is 0 Å². The molecule has 6 nitrogen and oxygen atoms in total. The third-order valence-electron chi connectivity index (χ3n) is 7.83. The molecule has 0 aliphatic carbocycles. The maximum Gasteiger partial charge on any atom is 0.255 e. The molecule has 3 fully saturated rings. The molecular formula is C28H32ClF2N3O3. The topological polar surface area (TPSA) is 64.1 Å². The summed E-state index contributed by atoms with van der Waals surface area (Å²) in [4.78, 5) is 27.2. The first-order chi connectivity index (χ1) is 17.7. The first-order valence-corrected chi connectivity index (χ1v) is 13.4. The van der Waals surface area contributed by atoms with Gasteiger partial charge in [-0.25, -0.2) is 13.8 Å². The first-order valence-electron chi connectivity index (χ1n) is 13.0. The highest BCUT2D eigenvalue weighted by molar-refractivity contribution is 6.34. The molecule has 0 spiro atoms. The number of hydrogen-bond donors (Lipinski definition) is 1. The summed E-state index contributed by atoms with van der Waals surface area (Å²) in [5.41, 5.74) is 3.19. The second-order valence-corrected chi connectivity index (χ2v) is 10.8. The Kier molecular flexibility index (Phi) is 7.52. The van der Waals surface area contributed by atoms with Crippen LogP contribution in [-0.2, 0) is 11.2 Å². The summed E-state index contributed by atoms with van der Waals surface area (Å²) in [7, 11) is 0. The maximum absolute atomic E-state index is 13.4. The Bertz CT molecular complexity index is 1140. The molecule has 0 radical (unpaired) electrons. The molecule has 198 valence electrons. The molecule has 3 aliphatic heterocycles. The van der Waals surface area contributed by atoms with Gasteiger partial charge in [0.2, 0.25) is 5.91 Å². The van der Waals surface area contributed by atoms with Crippen LogP contribution in [0.25, 0.3) is 11.1 Å². The third kappa shape index (κ3) is 5.81. The quantitative estimate of drug-likeness (QED) is 0.610. The lowest BCUT2D eigenvalue weighted by molar-refractivity contribution is -0.149. The summed E-state index contributed by atoms with van der Waals surface area (Å²) < 4.78 is 26.9. The fourth-order valence-electron chi connectivity index (χ4n) is 5.48. The molecule has 37 heavy (non-hydrogen) atoms. The smallest absolute Gasteiger partial charge is 0.255 e. The van der Waals surface area contributed by atoms with E-state index in [0.717, 1.165) is 42.7 Å². The van der Waals surface area contributed by atoms with Crippen LogP contribution in [0.4, 0.5) is 8.78 Å². The monoisotopic (exact) mass is 531 g/mol. The van der Waals surface area contributed by atoms with Gasteiger partial charge in [-0.2, -0.15) is 0 Å². The van der Waals surface area contributed by atoms with Gasteiger partial charge in [0.25, 0.3) is 11.8 Å². The highest BCUT2D eigenvalue weighted by Crippen LogP contribution is 2.32. The van der Waals surface area contributed by atoms with Gasteiger partial charge in [0.05, 0.1) is 16.7 Å². The largest absolute Gasteiger partial charge is 0.393 e. The molecule has 9 heteroatoms. The van der Waals surface area contributed by atoms with E-state index in [2.05, 4.69) is 5.01 Å². The molecule has 1 atom stereocenters. The van der Waals surface area contributed by atoms with E-state index in [9.17, 15) is 23.5 Å². The number of amides is 2. The zero-order valence-electron chi connectivity index (χ0n) is 20.7. The SMILES string of the molecule is O=C(c1ccc(-c2ccc(C[C@@H]3CCN(N4CCC(O)CC4)C3=O)cc2)cc1Cl)N1CCC(F)(F)CC1. The van der Waals surface area contributed by atoms with E-state index in [0.29, 0.717) is 29.8 Å². The molecular weight excluding hydrogens is 500 g/mol. The van der Waals surface area contributed by atoms with E-state index in [-0.39, 0.29) is 49.8 Å². The molecule has 1 N–H and O–H groups in total. The van der Waals surface area contributed by atoms with Crippen LogP contribution < -0.4 is 0 Å². The molecule has 2 aromatic carbocycles. The lowest BCUT2D eigenvalue weighted by atomic mass is 9.95. The molecule has 0 saturated carbocycles. The number of likely N-dealkylation sites (tertiary alicyclic amines) is 1. The molecule has 3 aliphatic rings. The van der Waals surface area contributed by atoms with Crippen molar-refractivity contribution >= 4 is 23.4 Å². The minimum absolute atomic E-state index is 0.0216. The minimum atomic E-state index is -2.71. The number of carbonyl (C=O) groups is 2. The zero-order valence-corrected chi connectivity index (χ0v) is 21.5. The van der Waals surface area contributed by atoms with Crippen molar-refractivity contribution in [3.05, 3.63) is 58.6 Å². The van der Waals surface area contributed by atoms with Crippen LogP contribution in [0.2, 0.25) is 5.02 Å². The molecule has 2 aromatic rings. The molecule has 0 aromatic heterocycles. The van der Waals surface area contributed by atoms with Crippen LogP contribution in [0.1, 0.15) is 48.0 Å². The minimum Gasteiger partial charge on any atom is -0.393 e. The number of rotatable bonds is 5. The van der Waals surface area contributed by atoms with Crippen molar-refractivity contribution in [1.29, 1.82) is 0 Å². The molecule has 2 amide bonds. The molecule has 3 heterocycles.